The summed E-state index contributed by atoms with van der Waals surface area (Å²) in [6.45, 7) is 2.35. The van der Waals surface area contributed by atoms with Crippen LogP contribution in [0.1, 0.15) is 63.4 Å². The van der Waals surface area contributed by atoms with Crippen molar-refractivity contribution in [3.05, 3.63) is 35.9 Å². The monoisotopic (exact) mass is 274 g/mol. The molecule has 0 aliphatic heterocycles. The fraction of sp³-hybridized carbons (Fsp3) is 0.611. The number of rotatable bonds is 6. The van der Waals surface area contributed by atoms with Crippen molar-refractivity contribution in [2.24, 2.45) is 5.92 Å². The van der Waals surface area contributed by atoms with Crippen LogP contribution in [0.4, 0.5) is 0 Å². The summed E-state index contributed by atoms with van der Waals surface area (Å²) in [5, 5.41) is 0. The summed E-state index contributed by atoms with van der Waals surface area (Å²) in [6.07, 6.45) is 8.14. The van der Waals surface area contributed by atoms with E-state index in [1.54, 1.807) is 0 Å². The largest absolute Gasteiger partial charge is 0.466 e. The Morgan fingerprint density at radius 1 is 1.20 bits per heavy atom. The SMILES string of the molecule is CCOC(=O)CC[C@H](c1ccccc1)C1CCCCC1. The summed E-state index contributed by atoms with van der Waals surface area (Å²) >= 11 is 0. The van der Waals surface area contributed by atoms with Crippen molar-refractivity contribution >= 4 is 5.97 Å². The highest BCUT2D eigenvalue weighted by Gasteiger charge is 2.25. The van der Waals surface area contributed by atoms with Crippen molar-refractivity contribution in [1.82, 2.24) is 0 Å². The van der Waals surface area contributed by atoms with Crippen molar-refractivity contribution in [3.63, 3.8) is 0 Å². The fourth-order valence-electron chi connectivity index (χ4n) is 3.42. The number of hydrogen-bond acceptors (Lipinski definition) is 2. The molecule has 0 heterocycles. The van der Waals surface area contributed by atoms with Crippen LogP contribution in [0.3, 0.4) is 0 Å². The van der Waals surface area contributed by atoms with E-state index in [0.717, 1.165) is 12.3 Å². The molecule has 20 heavy (non-hydrogen) atoms. The Hall–Kier alpha value is -1.31. The molecule has 0 bridgehead atoms. The highest BCUT2D eigenvalue weighted by molar-refractivity contribution is 5.69. The van der Waals surface area contributed by atoms with E-state index in [2.05, 4.69) is 30.3 Å². The van der Waals surface area contributed by atoms with Gasteiger partial charge in [0.15, 0.2) is 0 Å². The molecule has 1 atom stereocenters. The minimum atomic E-state index is -0.0516. The van der Waals surface area contributed by atoms with Crippen LogP contribution in [0.5, 0.6) is 0 Å². The maximum absolute atomic E-state index is 11.6. The molecule has 1 fully saturated rings. The Labute approximate surface area is 122 Å². The smallest absolute Gasteiger partial charge is 0.305 e. The summed E-state index contributed by atoms with van der Waals surface area (Å²) in [4.78, 5) is 11.6. The molecule has 0 spiro atoms. The van der Waals surface area contributed by atoms with Crippen molar-refractivity contribution in [2.45, 2.75) is 57.8 Å². The summed E-state index contributed by atoms with van der Waals surface area (Å²) < 4.78 is 5.08. The lowest BCUT2D eigenvalue weighted by atomic mass is 9.75. The number of carbonyl (C=O) groups excluding carboxylic acids is 1. The third-order valence-corrected chi connectivity index (χ3v) is 4.41. The first-order valence-corrected chi connectivity index (χ1v) is 8.02. The predicted octanol–water partition coefficient (Wildman–Crippen LogP) is 4.69. The summed E-state index contributed by atoms with van der Waals surface area (Å²) in [6, 6.07) is 10.7. The molecule has 1 aliphatic carbocycles. The molecule has 0 unspecified atom stereocenters. The lowest BCUT2D eigenvalue weighted by molar-refractivity contribution is -0.143. The number of benzene rings is 1. The Morgan fingerprint density at radius 2 is 1.90 bits per heavy atom. The Balaban J connectivity index is 2.02. The first-order valence-electron chi connectivity index (χ1n) is 8.02. The van der Waals surface area contributed by atoms with Crippen LogP contribution in [0.15, 0.2) is 30.3 Å². The molecule has 0 aromatic heterocycles. The molecule has 1 aromatic rings. The minimum Gasteiger partial charge on any atom is -0.466 e. The predicted molar refractivity (Wildman–Crippen MR) is 81.6 cm³/mol. The van der Waals surface area contributed by atoms with E-state index in [1.165, 1.54) is 37.7 Å². The van der Waals surface area contributed by atoms with E-state index >= 15 is 0 Å². The molecule has 2 heteroatoms. The zero-order valence-electron chi connectivity index (χ0n) is 12.5. The van der Waals surface area contributed by atoms with Gasteiger partial charge in [0.05, 0.1) is 6.61 Å². The molecule has 1 aliphatic rings. The number of esters is 1. The molecular formula is C18H26O2. The van der Waals surface area contributed by atoms with E-state index in [-0.39, 0.29) is 5.97 Å². The lowest BCUT2D eigenvalue weighted by Gasteiger charge is -2.30. The van der Waals surface area contributed by atoms with E-state index in [1.807, 2.05) is 6.92 Å². The molecule has 0 N–H and O–H groups in total. The average molecular weight is 274 g/mol. The Bertz CT molecular complexity index is 393. The second-order valence-corrected chi connectivity index (χ2v) is 5.76. The van der Waals surface area contributed by atoms with Gasteiger partial charge in [-0.05, 0) is 43.6 Å². The van der Waals surface area contributed by atoms with Gasteiger partial charge in [0.2, 0.25) is 0 Å². The quantitative estimate of drug-likeness (QED) is 0.703. The minimum absolute atomic E-state index is 0.0516. The lowest BCUT2D eigenvalue weighted by Crippen LogP contribution is -2.18. The van der Waals surface area contributed by atoms with Crippen LogP contribution in [-0.4, -0.2) is 12.6 Å². The van der Waals surface area contributed by atoms with Gasteiger partial charge in [-0.3, -0.25) is 4.79 Å². The molecule has 2 nitrogen and oxygen atoms in total. The zero-order valence-corrected chi connectivity index (χ0v) is 12.5. The van der Waals surface area contributed by atoms with E-state index in [0.29, 0.717) is 18.9 Å². The van der Waals surface area contributed by atoms with Crippen LogP contribution in [0.2, 0.25) is 0 Å². The third-order valence-electron chi connectivity index (χ3n) is 4.41. The Kier molecular flexibility index (Phi) is 6.10. The first-order chi connectivity index (χ1) is 9.81. The van der Waals surface area contributed by atoms with E-state index in [9.17, 15) is 4.79 Å². The van der Waals surface area contributed by atoms with E-state index in [4.69, 9.17) is 4.74 Å². The normalized spacial score (nSPS) is 17.6. The van der Waals surface area contributed by atoms with Crippen LogP contribution in [0.25, 0.3) is 0 Å². The van der Waals surface area contributed by atoms with Gasteiger partial charge in [0.1, 0.15) is 0 Å². The van der Waals surface area contributed by atoms with Crippen LogP contribution in [-0.2, 0) is 9.53 Å². The molecule has 1 aromatic carbocycles. The molecule has 1 saturated carbocycles. The molecule has 0 saturated heterocycles. The van der Waals surface area contributed by atoms with Crippen molar-refractivity contribution in [3.8, 4) is 0 Å². The van der Waals surface area contributed by atoms with Gasteiger partial charge in [-0.2, -0.15) is 0 Å². The highest BCUT2D eigenvalue weighted by Crippen LogP contribution is 2.38. The summed E-state index contributed by atoms with van der Waals surface area (Å²) in [7, 11) is 0. The topological polar surface area (TPSA) is 26.3 Å². The second kappa shape index (κ2) is 8.08. The third kappa shape index (κ3) is 4.36. The maximum Gasteiger partial charge on any atom is 0.305 e. The number of ether oxygens (including phenoxy) is 1. The molecule has 0 radical (unpaired) electrons. The van der Waals surface area contributed by atoms with Crippen LogP contribution in [0, 0.1) is 5.92 Å². The van der Waals surface area contributed by atoms with Gasteiger partial charge in [0.25, 0.3) is 0 Å². The standard InChI is InChI=1S/C18H26O2/c1-2-20-18(19)14-13-17(15-9-5-3-6-10-15)16-11-7-4-8-12-16/h3,5-6,9-10,16-17H,2,4,7-8,11-14H2,1H3/t17-/m1/s1. The second-order valence-electron chi connectivity index (χ2n) is 5.76. The maximum atomic E-state index is 11.6. The van der Waals surface area contributed by atoms with E-state index < -0.39 is 0 Å². The van der Waals surface area contributed by atoms with Gasteiger partial charge >= 0.3 is 5.97 Å². The van der Waals surface area contributed by atoms with Crippen LogP contribution >= 0.6 is 0 Å². The van der Waals surface area contributed by atoms with Gasteiger partial charge in [-0.1, -0.05) is 49.6 Å². The first kappa shape index (κ1) is 15.1. The van der Waals surface area contributed by atoms with Crippen molar-refractivity contribution in [1.29, 1.82) is 0 Å². The summed E-state index contributed by atoms with van der Waals surface area (Å²) in [5.74, 6) is 1.20. The van der Waals surface area contributed by atoms with Gasteiger partial charge < -0.3 is 4.74 Å². The van der Waals surface area contributed by atoms with Gasteiger partial charge in [0, 0.05) is 6.42 Å². The number of carbonyl (C=O) groups is 1. The molecular weight excluding hydrogens is 248 g/mol. The zero-order chi connectivity index (χ0) is 14.2. The highest BCUT2D eigenvalue weighted by atomic mass is 16.5. The fourth-order valence-corrected chi connectivity index (χ4v) is 3.42. The average Bonchev–Trinajstić information content (AvgIpc) is 2.50. The number of hydrogen-bond donors (Lipinski definition) is 0. The molecule has 0 amide bonds. The van der Waals surface area contributed by atoms with Crippen molar-refractivity contribution in [2.75, 3.05) is 6.61 Å². The van der Waals surface area contributed by atoms with Crippen LogP contribution < -0.4 is 0 Å². The molecule has 110 valence electrons. The Morgan fingerprint density at radius 3 is 2.55 bits per heavy atom. The molecule has 2 rings (SSSR count). The van der Waals surface area contributed by atoms with Crippen molar-refractivity contribution < 1.29 is 9.53 Å². The summed E-state index contributed by atoms with van der Waals surface area (Å²) in [5.41, 5.74) is 1.39. The van der Waals surface area contributed by atoms with Gasteiger partial charge in [-0.15, -0.1) is 0 Å². The van der Waals surface area contributed by atoms with Gasteiger partial charge in [-0.25, -0.2) is 0 Å².